The second-order valence-corrected chi connectivity index (χ2v) is 4.01. The molecule has 0 N–H and O–H groups in total. The fourth-order valence-corrected chi connectivity index (χ4v) is 1.68. The Morgan fingerprint density at radius 2 is 1.93 bits per heavy atom. The first-order valence-electron chi connectivity index (χ1n) is 5.10. The Labute approximate surface area is 95.8 Å². The molecular formula is C12H16ClNO. The molecule has 15 heavy (non-hydrogen) atoms. The van der Waals surface area contributed by atoms with Crippen LogP contribution in [0.3, 0.4) is 0 Å². The van der Waals surface area contributed by atoms with Gasteiger partial charge in [-0.2, -0.15) is 0 Å². The van der Waals surface area contributed by atoms with Gasteiger partial charge in [-0.15, -0.1) is 11.6 Å². The van der Waals surface area contributed by atoms with E-state index in [0.717, 1.165) is 5.69 Å². The number of alkyl halides is 1. The van der Waals surface area contributed by atoms with E-state index in [9.17, 15) is 4.79 Å². The van der Waals surface area contributed by atoms with E-state index in [1.807, 2.05) is 44.2 Å². The fourth-order valence-electron chi connectivity index (χ4n) is 1.52. The Morgan fingerprint density at radius 1 is 1.33 bits per heavy atom. The Bertz CT molecular complexity index is 311. The molecule has 3 heteroatoms. The van der Waals surface area contributed by atoms with Crippen LogP contribution in [-0.4, -0.2) is 17.8 Å². The zero-order valence-corrected chi connectivity index (χ0v) is 9.87. The molecule has 0 radical (unpaired) electrons. The minimum absolute atomic E-state index is 0.0752. The van der Waals surface area contributed by atoms with E-state index in [0.29, 0.717) is 12.3 Å². The number of hydrogen-bond acceptors (Lipinski definition) is 1. The largest absolute Gasteiger partial charge is 0.310 e. The van der Waals surface area contributed by atoms with Crippen LogP contribution in [0.4, 0.5) is 5.69 Å². The molecule has 0 aromatic heterocycles. The van der Waals surface area contributed by atoms with Crippen molar-refractivity contribution in [1.29, 1.82) is 0 Å². The predicted octanol–water partition coefficient (Wildman–Crippen LogP) is 3.06. The summed E-state index contributed by atoms with van der Waals surface area (Å²) in [7, 11) is 0. The lowest BCUT2D eigenvalue weighted by Gasteiger charge is -2.26. The summed E-state index contributed by atoms with van der Waals surface area (Å²) in [5, 5.41) is 0. The van der Waals surface area contributed by atoms with Gasteiger partial charge in [0.05, 0.1) is 0 Å². The molecule has 0 saturated heterocycles. The van der Waals surface area contributed by atoms with Crippen molar-refractivity contribution >= 4 is 23.2 Å². The predicted molar refractivity (Wildman–Crippen MR) is 64.4 cm³/mol. The smallest absolute Gasteiger partial charge is 0.228 e. The molecule has 0 fully saturated rings. The van der Waals surface area contributed by atoms with Crippen LogP contribution in [0.2, 0.25) is 0 Å². The lowest BCUT2D eigenvalue weighted by molar-refractivity contribution is -0.118. The Morgan fingerprint density at radius 3 is 2.40 bits per heavy atom. The van der Waals surface area contributed by atoms with Gasteiger partial charge in [0.2, 0.25) is 5.91 Å². The molecule has 0 unspecified atom stereocenters. The molecule has 1 rings (SSSR count). The van der Waals surface area contributed by atoms with E-state index in [2.05, 4.69) is 0 Å². The van der Waals surface area contributed by atoms with Crippen LogP contribution in [0, 0.1) is 0 Å². The van der Waals surface area contributed by atoms with E-state index in [1.54, 1.807) is 4.90 Å². The first kappa shape index (κ1) is 12.1. The lowest BCUT2D eigenvalue weighted by Crippen LogP contribution is -2.37. The topological polar surface area (TPSA) is 20.3 Å². The molecule has 0 saturated carbocycles. The molecular weight excluding hydrogens is 210 g/mol. The van der Waals surface area contributed by atoms with Crippen LogP contribution < -0.4 is 4.90 Å². The molecule has 0 atom stereocenters. The molecule has 0 bridgehead atoms. The number of carbonyl (C=O) groups excluding carboxylic acids is 1. The molecule has 2 nitrogen and oxygen atoms in total. The normalized spacial score (nSPS) is 10.4. The van der Waals surface area contributed by atoms with Crippen molar-refractivity contribution < 1.29 is 4.79 Å². The number of carbonyl (C=O) groups is 1. The molecule has 82 valence electrons. The number of halogens is 1. The van der Waals surface area contributed by atoms with Crippen molar-refractivity contribution in [3.8, 4) is 0 Å². The lowest BCUT2D eigenvalue weighted by atomic mass is 10.2. The van der Waals surface area contributed by atoms with Gasteiger partial charge in [0.1, 0.15) is 0 Å². The molecule has 0 aliphatic carbocycles. The third kappa shape index (κ3) is 3.24. The van der Waals surface area contributed by atoms with Gasteiger partial charge in [0.15, 0.2) is 0 Å². The second kappa shape index (κ2) is 5.76. The summed E-state index contributed by atoms with van der Waals surface area (Å²) in [4.78, 5) is 13.6. The van der Waals surface area contributed by atoms with E-state index in [4.69, 9.17) is 11.6 Å². The van der Waals surface area contributed by atoms with Gasteiger partial charge in [-0.1, -0.05) is 18.2 Å². The first-order chi connectivity index (χ1) is 7.16. The van der Waals surface area contributed by atoms with Crippen LogP contribution in [0.15, 0.2) is 30.3 Å². The molecule has 0 aliphatic rings. The minimum atomic E-state index is 0.0752. The highest BCUT2D eigenvalue weighted by molar-refractivity contribution is 6.19. The monoisotopic (exact) mass is 225 g/mol. The van der Waals surface area contributed by atoms with E-state index in [-0.39, 0.29) is 11.9 Å². The first-order valence-corrected chi connectivity index (χ1v) is 5.63. The summed E-state index contributed by atoms with van der Waals surface area (Å²) in [5.74, 6) is 0.445. The maximum atomic E-state index is 11.8. The molecule has 0 spiro atoms. The van der Waals surface area contributed by atoms with Gasteiger partial charge >= 0.3 is 0 Å². The standard InChI is InChI=1S/C12H16ClNO/c1-10(2)14(12(15)8-9-13)11-6-4-3-5-7-11/h3-7,10H,8-9H2,1-2H3. The van der Waals surface area contributed by atoms with Crippen LogP contribution in [-0.2, 0) is 4.79 Å². The average Bonchev–Trinajstić information content (AvgIpc) is 2.19. The molecule has 0 heterocycles. The van der Waals surface area contributed by atoms with E-state index < -0.39 is 0 Å². The van der Waals surface area contributed by atoms with Gasteiger partial charge in [0.25, 0.3) is 0 Å². The van der Waals surface area contributed by atoms with Crippen molar-refractivity contribution in [2.24, 2.45) is 0 Å². The summed E-state index contributed by atoms with van der Waals surface area (Å²) < 4.78 is 0. The number of para-hydroxylation sites is 1. The number of amides is 1. The number of benzene rings is 1. The Hall–Kier alpha value is -1.02. The number of hydrogen-bond donors (Lipinski definition) is 0. The van der Waals surface area contributed by atoms with Gasteiger partial charge in [-0.05, 0) is 26.0 Å². The van der Waals surface area contributed by atoms with Crippen LogP contribution in [0.1, 0.15) is 20.3 Å². The van der Waals surface area contributed by atoms with Crippen molar-refractivity contribution in [3.63, 3.8) is 0 Å². The number of rotatable bonds is 4. The Kier molecular flexibility index (Phi) is 4.63. The highest BCUT2D eigenvalue weighted by atomic mass is 35.5. The molecule has 0 aliphatic heterocycles. The van der Waals surface area contributed by atoms with Crippen molar-refractivity contribution in [2.45, 2.75) is 26.3 Å². The van der Waals surface area contributed by atoms with Crippen molar-refractivity contribution in [3.05, 3.63) is 30.3 Å². The summed E-state index contributed by atoms with van der Waals surface area (Å²) >= 11 is 5.59. The minimum Gasteiger partial charge on any atom is -0.310 e. The third-order valence-electron chi connectivity index (χ3n) is 2.13. The summed E-state index contributed by atoms with van der Waals surface area (Å²) in [5.41, 5.74) is 0.933. The number of anilines is 1. The molecule has 1 aromatic rings. The summed E-state index contributed by atoms with van der Waals surface area (Å²) in [6.07, 6.45) is 0.384. The van der Waals surface area contributed by atoms with E-state index in [1.165, 1.54) is 0 Å². The molecule has 1 aromatic carbocycles. The van der Waals surface area contributed by atoms with Crippen LogP contribution in [0.5, 0.6) is 0 Å². The summed E-state index contributed by atoms with van der Waals surface area (Å²) in [6, 6.07) is 9.83. The quantitative estimate of drug-likeness (QED) is 0.722. The number of nitrogens with zero attached hydrogens (tertiary/aromatic N) is 1. The Balaban J connectivity index is 2.88. The van der Waals surface area contributed by atoms with Crippen molar-refractivity contribution in [2.75, 3.05) is 10.8 Å². The van der Waals surface area contributed by atoms with Gasteiger partial charge in [-0.3, -0.25) is 4.79 Å². The van der Waals surface area contributed by atoms with Gasteiger partial charge in [0, 0.05) is 24.0 Å². The average molecular weight is 226 g/mol. The zero-order valence-electron chi connectivity index (χ0n) is 9.11. The highest BCUT2D eigenvalue weighted by Crippen LogP contribution is 2.17. The van der Waals surface area contributed by atoms with Crippen LogP contribution >= 0.6 is 11.6 Å². The maximum absolute atomic E-state index is 11.8. The second-order valence-electron chi connectivity index (χ2n) is 3.63. The fraction of sp³-hybridized carbons (Fsp3) is 0.417. The SMILES string of the molecule is CC(C)N(C(=O)CCCl)c1ccccc1. The zero-order chi connectivity index (χ0) is 11.3. The van der Waals surface area contributed by atoms with Crippen molar-refractivity contribution in [1.82, 2.24) is 0 Å². The summed E-state index contributed by atoms with van der Waals surface area (Å²) in [6.45, 7) is 4.00. The highest BCUT2D eigenvalue weighted by Gasteiger charge is 2.17. The van der Waals surface area contributed by atoms with Gasteiger partial charge in [-0.25, -0.2) is 0 Å². The maximum Gasteiger partial charge on any atom is 0.228 e. The van der Waals surface area contributed by atoms with E-state index >= 15 is 0 Å². The van der Waals surface area contributed by atoms with Crippen LogP contribution in [0.25, 0.3) is 0 Å². The third-order valence-corrected chi connectivity index (χ3v) is 2.32. The molecule has 1 amide bonds. The van der Waals surface area contributed by atoms with Gasteiger partial charge < -0.3 is 4.90 Å².